The number of amides is 2. The molecule has 0 bridgehead atoms. The van der Waals surface area contributed by atoms with Gasteiger partial charge in [0.2, 0.25) is 5.95 Å². The zero-order valence-electron chi connectivity index (χ0n) is 17.6. The zero-order valence-corrected chi connectivity index (χ0v) is 17.6. The van der Waals surface area contributed by atoms with E-state index in [1.165, 1.54) is 12.1 Å². The standard InChI is InChI=1S/C23H20F2N6O2/c1-13-2-3-14(15-4-5-21-28-22(26)29-30(21)12-15)10-19(13)27-23(32)31-20(6-7-33-31)16-8-17(24)11-18(25)9-16/h2-5,8-12,20H,6-7H2,1H3,(H2,26,29)(H,27,32). The first kappa shape index (κ1) is 20.8. The van der Waals surface area contributed by atoms with E-state index in [-0.39, 0.29) is 12.6 Å². The van der Waals surface area contributed by atoms with E-state index >= 15 is 0 Å². The number of hydrogen-bond donors (Lipinski definition) is 2. The highest BCUT2D eigenvalue weighted by atomic mass is 19.1. The molecule has 1 unspecified atom stereocenters. The molecule has 1 atom stereocenters. The molecule has 168 valence electrons. The van der Waals surface area contributed by atoms with Gasteiger partial charge in [0, 0.05) is 29.9 Å². The maximum absolute atomic E-state index is 13.7. The van der Waals surface area contributed by atoms with E-state index in [2.05, 4.69) is 15.4 Å². The van der Waals surface area contributed by atoms with Gasteiger partial charge in [-0.15, -0.1) is 5.10 Å². The lowest BCUT2D eigenvalue weighted by Gasteiger charge is -2.24. The number of aryl methyl sites for hydroxylation is 1. The number of anilines is 2. The number of nitrogens with one attached hydrogen (secondary N) is 1. The number of pyridine rings is 1. The summed E-state index contributed by atoms with van der Waals surface area (Å²) in [5.74, 6) is -1.22. The quantitative estimate of drug-likeness (QED) is 0.480. The number of carbonyl (C=O) groups excluding carboxylic acids is 1. The molecular formula is C23H20F2N6O2. The molecule has 0 spiro atoms. The van der Waals surface area contributed by atoms with Crippen molar-refractivity contribution in [2.45, 2.75) is 19.4 Å². The monoisotopic (exact) mass is 450 g/mol. The molecule has 1 aliphatic rings. The van der Waals surface area contributed by atoms with Crippen molar-refractivity contribution in [3.8, 4) is 11.1 Å². The fraction of sp³-hybridized carbons (Fsp3) is 0.174. The molecule has 3 N–H and O–H groups in total. The van der Waals surface area contributed by atoms with Gasteiger partial charge in [-0.05, 0) is 53.9 Å². The van der Waals surface area contributed by atoms with E-state index in [1.807, 2.05) is 31.2 Å². The highest BCUT2D eigenvalue weighted by Crippen LogP contribution is 2.33. The van der Waals surface area contributed by atoms with Crippen LogP contribution in [0.3, 0.4) is 0 Å². The molecule has 5 rings (SSSR count). The van der Waals surface area contributed by atoms with Gasteiger partial charge in [-0.2, -0.15) is 10.0 Å². The van der Waals surface area contributed by atoms with Crippen LogP contribution in [0.2, 0.25) is 0 Å². The van der Waals surface area contributed by atoms with E-state index in [1.54, 1.807) is 16.8 Å². The minimum Gasteiger partial charge on any atom is -0.366 e. The summed E-state index contributed by atoms with van der Waals surface area (Å²) in [5, 5.41) is 8.11. The molecule has 1 aliphatic heterocycles. The first-order valence-electron chi connectivity index (χ1n) is 10.3. The van der Waals surface area contributed by atoms with Crippen molar-refractivity contribution in [3.63, 3.8) is 0 Å². The number of nitrogen functional groups attached to an aromatic ring is 1. The second kappa shape index (κ2) is 8.14. The summed E-state index contributed by atoms with van der Waals surface area (Å²) in [7, 11) is 0. The molecule has 3 heterocycles. The van der Waals surface area contributed by atoms with Gasteiger partial charge in [-0.1, -0.05) is 12.1 Å². The van der Waals surface area contributed by atoms with Crippen LogP contribution in [0, 0.1) is 18.6 Å². The third kappa shape index (κ3) is 4.08. The summed E-state index contributed by atoms with van der Waals surface area (Å²) in [4.78, 5) is 22.6. The van der Waals surface area contributed by atoms with Gasteiger partial charge in [-0.3, -0.25) is 4.84 Å². The van der Waals surface area contributed by atoms with Crippen LogP contribution in [0.1, 0.15) is 23.6 Å². The van der Waals surface area contributed by atoms with Gasteiger partial charge >= 0.3 is 6.03 Å². The Labute approximate surface area is 187 Å². The lowest BCUT2D eigenvalue weighted by atomic mass is 10.0. The van der Waals surface area contributed by atoms with Gasteiger partial charge in [0.05, 0.1) is 12.6 Å². The van der Waals surface area contributed by atoms with Gasteiger partial charge in [0.15, 0.2) is 5.65 Å². The fourth-order valence-corrected chi connectivity index (χ4v) is 3.92. The number of urea groups is 1. The second-order valence-corrected chi connectivity index (χ2v) is 7.82. The molecule has 0 aliphatic carbocycles. The molecule has 33 heavy (non-hydrogen) atoms. The van der Waals surface area contributed by atoms with Crippen molar-refractivity contribution in [1.29, 1.82) is 0 Å². The lowest BCUT2D eigenvalue weighted by molar-refractivity contribution is -0.0830. The highest BCUT2D eigenvalue weighted by Gasteiger charge is 2.32. The Morgan fingerprint density at radius 3 is 2.67 bits per heavy atom. The van der Waals surface area contributed by atoms with Gasteiger partial charge in [0.25, 0.3) is 0 Å². The van der Waals surface area contributed by atoms with E-state index in [9.17, 15) is 13.6 Å². The topological polar surface area (TPSA) is 97.8 Å². The van der Waals surface area contributed by atoms with Crippen molar-refractivity contribution in [2.75, 3.05) is 17.7 Å². The van der Waals surface area contributed by atoms with Crippen LogP contribution in [0.25, 0.3) is 16.8 Å². The third-order valence-electron chi connectivity index (χ3n) is 5.53. The van der Waals surface area contributed by atoms with E-state index in [0.717, 1.165) is 27.8 Å². The summed E-state index contributed by atoms with van der Waals surface area (Å²) < 4.78 is 29.0. The number of hydroxylamine groups is 2. The molecule has 0 radical (unpaired) electrons. The van der Waals surface area contributed by atoms with Crippen molar-refractivity contribution in [1.82, 2.24) is 19.7 Å². The number of nitrogens with two attached hydrogens (primary N) is 1. The van der Waals surface area contributed by atoms with Crippen molar-refractivity contribution in [2.24, 2.45) is 0 Å². The first-order chi connectivity index (χ1) is 15.9. The Morgan fingerprint density at radius 2 is 1.88 bits per heavy atom. The molecule has 1 saturated heterocycles. The van der Waals surface area contributed by atoms with Crippen LogP contribution >= 0.6 is 0 Å². The molecular weight excluding hydrogens is 430 g/mol. The van der Waals surface area contributed by atoms with Crippen LogP contribution < -0.4 is 11.1 Å². The Balaban J connectivity index is 1.40. The van der Waals surface area contributed by atoms with Crippen LogP contribution in [-0.2, 0) is 4.84 Å². The summed E-state index contributed by atoms with van der Waals surface area (Å²) in [6.07, 6.45) is 2.23. The number of nitrogens with zero attached hydrogens (tertiary/aromatic N) is 4. The number of hydrogen-bond acceptors (Lipinski definition) is 5. The Morgan fingerprint density at radius 1 is 1.12 bits per heavy atom. The minimum atomic E-state index is -0.702. The molecule has 10 heteroatoms. The maximum atomic E-state index is 13.7. The molecule has 2 aromatic heterocycles. The maximum Gasteiger partial charge on any atom is 0.346 e. The Bertz CT molecular complexity index is 1350. The van der Waals surface area contributed by atoms with Gasteiger partial charge < -0.3 is 11.1 Å². The number of aromatic nitrogens is 3. The van der Waals surface area contributed by atoms with Crippen LogP contribution in [0.15, 0.2) is 54.7 Å². The first-order valence-corrected chi connectivity index (χ1v) is 10.3. The Hall–Kier alpha value is -4.05. The molecule has 8 nitrogen and oxygen atoms in total. The highest BCUT2D eigenvalue weighted by molar-refractivity contribution is 5.91. The summed E-state index contributed by atoms with van der Waals surface area (Å²) >= 11 is 0. The van der Waals surface area contributed by atoms with Crippen LogP contribution in [-0.4, -0.2) is 32.3 Å². The predicted octanol–water partition coefficient (Wildman–Crippen LogP) is 4.48. The number of halogens is 2. The van der Waals surface area contributed by atoms with Crippen molar-refractivity contribution >= 4 is 23.3 Å². The number of carbonyl (C=O) groups is 1. The summed E-state index contributed by atoms with van der Waals surface area (Å²) in [6.45, 7) is 2.13. The normalized spacial score (nSPS) is 15.8. The predicted molar refractivity (Wildman–Crippen MR) is 118 cm³/mol. The van der Waals surface area contributed by atoms with Gasteiger partial charge in [-0.25, -0.2) is 18.1 Å². The Kier molecular flexibility index (Phi) is 5.14. The number of fused-ring (bicyclic) bond motifs is 1. The molecule has 2 aromatic carbocycles. The van der Waals surface area contributed by atoms with Gasteiger partial charge in [0.1, 0.15) is 11.6 Å². The number of benzene rings is 2. The molecule has 1 fully saturated rings. The van der Waals surface area contributed by atoms with E-state index < -0.39 is 23.7 Å². The smallest absolute Gasteiger partial charge is 0.346 e. The van der Waals surface area contributed by atoms with Crippen molar-refractivity contribution in [3.05, 3.63) is 77.5 Å². The van der Waals surface area contributed by atoms with E-state index in [0.29, 0.717) is 23.3 Å². The summed E-state index contributed by atoms with van der Waals surface area (Å²) in [6, 6.07) is 11.4. The zero-order chi connectivity index (χ0) is 23.1. The number of rotatable bonds is 3. The average Bonchev–Trinajstić information content (AvgIpc) is 3.40. The third-order valence-corrected chi connectivity index (χ3v) is 5.53. The summed E-state index contributed by atoms with van der Waals surface area (Å²) in [5.41, 5.74) is 9.74. The van der Waals surface area contributed by atoms with E-state index in [4.69, 9.17) is 10.6 Å². The SMILES string of the molecule is Cc1ccc(-c2ccc3nc(N)nn3c2)cc1NC(=O)N1OCCC1c1cc(F)cc(F)c1. The fourth-order valence-electron chi connectivity index (χ4n) is 3.92. The average molecular weight is 450 g/mol. The molecule has 4 aromatic rings. The van der Waals surface area contributed by atoms with Crippen LogP contribution in [0.4, 0.5) is 25.2 Å². The molecule has 2 amide bonds. The van der Waals surface area contributed by atoms with Crippen LogP contribution in [0.5, 0.6) is 0 Å². The second-order valence-electron chi connectivity index (χ2n) is 7.82. The minimum absolute atomic E-state index is 0.183. The van der Waals surface area contributed by atoms with Crippen molar-refractivity contribution < 1.29 is 18.4 Å². The molecule has 0 saturated carbocycles. The largest absolute Gasteiger partial charge is 0.366 e. The lowest BCUT2D eigenvalue weighted by Crippen LogP contribution is -2.33.